The van der Waals surface area contributed by atoms with E-state index in [9.17, 15) is 14.4 Å². The molecule has 0 aliphatic rings. The van der Waals surface area contributed by atoms with Crippen molar-refractivity contribution in [3.8, 4) is 0 Å². The third kappa shape index (κ3) is 4.11. The summed E-state index contributed by atoms with van der Waals surface area (Å²) in [7, 11) is 0. The summed E-state index contributed by atoms with van der Waals surface area (Å²) in [5, 5.41) is 4.46. The fourth-order valence-electron chi connectivity index (χ4n) is 2.36. The van der Waals surface area contributed by atoms with Crippen LogP contribution in [0.2, 0.25) is 0 Å². The Labute approximate surface area is 144 Å². The molecule has 0 bridgehead atoms. The number of nitrogens with zero attached hydrogens (tertiary/aromatic N) is 2. The van der Waals surface area contributed by atoms with E-state index in [1.807, 2.05) is 13.8 Å². The van der Waals surface area contributed by atoms with E-state index in [1.165, 1.54) is 4.57 Å². The largest absolute Gasteiger partial charge is 0.339 e. The fourth-order valence-corrected chi connectivity index (χ4v) is 3.10. The summed E-state index contributed by atoms with van der Waals surface area (Å²) < 4.78 is 1.42. The highest BCUT2D eigenvalue weighted by molar-refractivity contribution is 7.07. The quantitative estimate of drug-likeness (QED) is 0.872. The first-order valence-corrected chi connectivity index (χ1v) is 8.68. The van der Waals surface area contributed by atoms with Gasteiger partial charge in [-0.25, -0.2) is 0 Å². The molecule has 0 unspecified atom stereocenters. The minimum atomic E-state index is -0.300. The molecule has 7 heteroatoms. The smallest absolute Gasteiger partial charge is 0.307 e. The van der Waals surface area contributed by atoms with Crippen molar-refractivity contribution in [1.29, 1.82) is 0 Å². The SMILES string of the molecule is CCN(CC)C(=O)c1cccc(NC(=O)Cn2c(C)csc2=O)c1. The summed E-state index contributed by atoms with van der Waals surface area (Å²) in [5.74, 6) is -0.368. The number of aryl methyl sites for hydroxylation is 1. The Morgan fingerprint density at radius 2 is 1.96 bits per heavy atom. The highest BCUT2D eigenvalue weighted by Gasteiger charge is 2.14. The first-order valence-electron chi connectivity index (χ1n) is 7.80. The number of hydrogen-bond donors (Lipinski definition) is 1. The maximum Gasteiger partial charge on any atom is 0.307 e. The summed E-state index contributed by atoms with van der Waals surface area (Å²) in [6.07, 6.45) is 0. The van der Waals surface area contributed by atoms with Gasteiger partial charge < -0.3 is 10.2 Å². The Morgan fingerprint density at radius 3 is 2.54 bits per heavy atom. The second-order valence-corrected chi connectivity index (χ2v) is 6.16. The zero-order valence-electron chi connectivity index (χ0n) is 14.0. The zero-order chi connectivity index (χ0) is 17.7. The van der Waals surface area contributed by atoms with Crippen LogP contribution in [0.3, 0.4) is 0 Å². The maximum absolute atomic E-state index is 12.4. The standard InChI is InChI=1S/C17H21N3O3S/c1-4-19(5-2)16(22)13-7-6-8-14(9-13)18-15(21)10-20-12(3)11-24-17(20)23/h6-9,11H,4-5,10H2,1-3H3,(H,18,21). The van der Waals surface area contributed by atoms with Gasteiger partial charge in [-0.1, -0.05) is 17.4 Å². The van der Waals surface area contributed by atoms with Gasteiger partial charge in [0.25, 0.3) is 5.91 Å². The lowest BCUT2D eigenvalue weighted by Gasteiger charge is -2.19. The van der Waals surface area contributed by atoms with Crippen molar-refractivity contribution < 1.29 is 9.59 Å². The topological polar surface area (TPSA) is 71.4 Å². The lowest BCUT2D eigenvalue weighted by Crippen LogP contribution is -2.30. The number of hydrogen-bond acceptors (Lipinski definition) is 4. The molecule has 0 fully saturated rings. The minimum Gasteiger partial charge on any atom is -0.339 e. The van der Waals surface area contributed by atoms with Crippen LogP contribution in [-0.4, -0.2) is 34.4 Å². The highest BCUT2D eigenvalue weighted by Crippen LogP contribution is 2.13. The lowest BCUT2D eigenvalue weighted by molar-refractivity contribution is -0.116. The molecule has 1 aromatic carbocycles. The van der Waals surface area contributed by atoms with Crippen molar-refractivity contribution in [2.75, 3.05) is 18.4 Å². The average molecular weight is 347 g/mol. The number of aromatic nitrogens is 1. The van der Waals surface area contributed by atoms with Crippen molar-refractivity contribution in [2.24, 2.45) is 0 Å². The van der Waals surface area contributed by atoms with Gasteiger partial charge in [0.2, 0.25) is 5.91 Å². The van der Waals surface area contributed by atoms with Gasteiger partial charge in [0.05, 0.1) is 0 Å². The van der Waals surface area contributed by atoms with E-state index in [0.717, 1.165) is 17.0 Å². The third-order valence-corrected chi connectivity index (χ3v) is 4.60. The van der Waals surface area contributed by atoms with Gasteiger partial charge in [0.15, 0.2) is 0 Å². The second-order valence-electron chi connectivity index (χ2n) is 5.34. The first-order chi connectivity index (χ1) is 11.5. The van der Waals surface area contributed by atoms with E-state index in [0.29, 0.717) is 24.3 Å². The first kappa shape index (κ1) is 17.9. The molecule has 2 amide bonds. The summed E-state index contributed by atoms with van der Waals surface area (Å²) in [4.78, 5) is 37.7. The molecule has 1 aromatic heterocycles. The lowest BCUT2D eigenvalue weighted by atomic mass is 10.1. The molecule has 0 atom stereocenters. The average Bonchev–Trinajstić information content (AvgIpc) is 2.88. The van der Waals surface area contributed by atoms with Crippen LogP contribution in [0, 0.1) is 6.92 Å². The molecule has 1 N–H and O–H groups in total. The van der Waals surface area contributed by atoms with Gasteiger partial charge in [-0.15, -0.1) is 0 Å². The van der Waals surface area contributed by atoms with Gasteiger partial charge in [-0.3, -0.25) is 19.0 Å². The number of nitrogens with one attached hydrogen (secondary N) is 1. The van der Waals surface area contributed by atoms with Crippen LogP contribution >= 0.6 is 11.3 Å². The molecule has 2 aromatic rings. The normalized spacial score (nSPS) is 10.5. The van der Waals surface area contributed by atoms with Gasteiger partial charge in [0.1, 0.15) is 6.54 Å². The van der Waals surface area contributed by atoms with Crippen LogP contribution in [0.5, 0.6) is 0 Å². The predicted molar refractivity (Wildman–Crippen MR) is 95.6 cm³/mol. The van der Waals surface area contributed by atoms with Crippen LogP contribution < -0.4 is 10.2 Å². The van der Waals surface area contributed by atoms with E-state index in [4.69, 9.17) is 0 Å². The molecule has 0 aliphatic carbocycles. The Balaban J connectivity index is 2.10. The molecule has 2 rings (SSSR count). The van der Waals surface area contributed by atoms with Crippen LogP contribution in [0.1, 0.15) is 29.9 Å². The number of amides is 2. The van der Waals surface area contributed by atoms with Crippen LogP contribution in [0.15, 0.2) is 34.4 Å². The van der Waals surface area contributed by atoms with Gasteiger partial charge in [0, 0.05) is 35.4 Å². The monoisotopic (exact) mass is 347 g/mol. The molecule has 0 radical (unpaired) electrons. The summed E-state index contributed by atoms with van der Waals surface area (Å²) in [6, 6.07) is 6.83. The number of anilines is 1. The van der Waals surface area contributed by atoms with E-state index >= 15 is 0 Å². The van der Waals surface area contributed by atoms with Crippen LogP contribution in [-0.2, 0) is 11.3 Å². The van der Waals surface area contributed by atoms with E-state index in [1.54, 1.807) is 41.5 Å². The second kappa shape index (κ2) is 7.92. The van der Waals surface area contributed by atoms with Crippen molar-refractivity contribution in [1.82, 2.24) is 9.47 Å². The van der Waals surface area contributed by atoms with E-state index < -0.39 is 0 Å². The van der Waals surface area contributed by atoms with Crippen molar-refractivity contribution in [3.05, 3.63) is 50.6 Å². The molecule has 1 heterocycles. The molecule has 0 saturated carbocycles. The fraction of sp³-hybridized carbons (Fsp3) is 0.353. The number of rotatable bonds is 6. The van der Waals surface area contributed by atoms with Crippen LogP contribution in [0.4, 0.5) is 5.69 Å². The summed E-state index contributed by atoms with van der Waals surface area (Å²) in [6.45, 7) is 6.86. The predicted octanol–water partition coefficient (Wildman–Crippen LogP) is 2.34. The Bertz CT molecular complexity index is 790. The van der Waals surface area contributed by atoms with Gasteiger partial charge in [-0.05, 0) is 39.0 Å². The molecule has 0 saturated heterocycles. The number of benzene rings is 1. The molecule has 24 heavy (non-hydrogen) atoms. The summed E-state index contributed by atoms with van der Waals surface area (Å²) in [5.41, 5.74) is 1.82. The Kier molecular flexibility index (Phi) is 5.92. The molecular weight excluding hydrogens is 326 g/mol. The molecule has 0 spiro atoms. The van der Waals surface area contributed by atoms with Gasteiger partial charge in [-0.2, -0.15) is 0 Å². The molecule has 128 valence electrons. The zero-order valence-corrected chi connectivity index (χ0v) is 14.9. The highest BCUT2D eigenvalue weighted by atomic mass is 32.1. The van der Waals surface area contributed by atoms with Crippen molar-refractivity contribution in [3.63, 3.8) is 0 Å². The summed E-state index contributed by atoms with van der Waals surface area (Å²) >= 11 is 1.07. The number of carbonyl (C=O) groups is 2. The minimum absolute atomic E-state index is 0.0393. The van der Waals surface area contributed by atoms with Crippen LogP contribution in [0.25, 0.3) is 0 Å². The molecule has 0 aliphatic heterocycles. The van der Waals surface area contributed by atoms with Crippen molar-refractivity contribution in [2.45, 2.75) is 27.3 Å². The van der Waals surface area contributed by atoms with Gasteiger partial charge >= 0.3 is 4.87 Å². The number of carbonyl (C=O) groups excluding carboxylic acids is 2. The Morgan fingerprint density at radius 1 is 1.25 bits per heavy atom. The molecular formula is C17H21N3O3S. The van der Waals surface area contributed by atoms with E-state index in [2.05, 4.69) is 5.32 Å². The number of thiazole rings is 1. The Hall–Kier alpha value is -2.41. The molecule has 6 nitrogen and oxygen atoms in total. The van der Waals surface area contributed by atoms with Crippen molar-refractivity contribution >= 4 is 28.8 Å². The van der Waals surface area contributed by atoms with E-state index in [-0.39, 0.29) is 23.2 Å². The third-order valence-electron chi connectivity index (χ3n) is 3.72. The maximum atomic E-state index is 12.4.